The van der Waals surface area contributed by atoms with Gasteiger partial charge in [0.2, 0.25) is 5.91 Å². The number of benzene rings is 2. The molecule has 0 bridgehead atoms. The lowest BCUT2D eigenvalue weighted by molar-refractivity contribution is -0.111. The molecular weight excluding hydrogens is 362 g/mol. The SMILES string of the molecule is C=CC(=O)Nc1cccc(-c2ccc3nc(-c4cccnc4)nc(NC)c3c2)c1. The molecule has 2 aromatic heterocycles. The van der Waals surface area contributed by atoms with E-state index in [4.69, 9.17) is 4.98 Å². The van der Waals surface area contributed by atoms with Crippen molar-refractivity contribution in [2.45, 2.75) is 0 Å². The van der Waals surface area contributed by atoms with Crippen LogP contribution >= 0.6 is 0 Å². The minimum atomic E-state index is -0.241. The number of pyridine rings is 1. The maximum absolute atomic E-state index is 11.6. The summed E-state index contributed by atoms with van der Waals surface area (Å²) in [5.74, 6) is 1.12. The number of fused-ring (bicyclic) bond motifs is 1. The first kappa shape index (κ1) is 18.3. The van der Waals surface area contributed by atoms with Crippen LogP contribution < -0.4 is 10.6 Å². The third-order valence-electron chi connectivity index (χ3n) is 4.50. The second-order valence-corrected chi connectivity index (χ2v) is 6.39. The van der Waals surface area contributed by atoms with Crippen molar-refractivity contribution in [2.24, 2.45) is 0 Å². The lowest BCUT2D eigenvalue weighted by atomic mass is 10.0. The molecule has 0 atom stereocenters. The summed E-state index contributed by atoms with van der Waals surface area (Å²) in [6, 6.07) is 17.5. The highest BCUT2D eigenvalue weighted by Crippen LogP contribution is 2.30. The Balaban J connectivity index is 1.78. The summed E-state index contributed by atoms with van der Waals surface area (Å²) in [6.45, 7) is 3.48. The summed E-state index contributed by atoms with van der Waals surface area (Å²) in [5, 5.41) is 6.87. The Hall–Kier alpha value is -4.06. The Morgan fingerprint density at radius 1 is 1.00 bits per heavy atom. The molecule has 0 saturated carbocycles. The molecule has 2 heterocycles. The number of aromatic nitrogens is 3. The molecule has 4 rings (SSSR count). The molecule has 4 aromatic rings. The van der Waals surface area contributed by atoms with Crippen LogP contribution in [0.3, 0.4) is 0 Å². The zero-order valence-corrected chi connectivity index (χ0v) is 15.9. The van der Waals surface area contributed by atoms with Crippen LogP contribution in [0.4, 0.5) is 11.5 Å². The van der Waals surface area contributed by atoms with Gasteiger partial charge in [-0.1, -0.05) is 24.8 Å². The fourth-order valence-corrected chi connectivity index (χ4v) is 3.09. The summed E-state index contributed by atoms with van der Waals surface area (Å²) >= 11 is 0. The molecule has 6 heteroatoms. The minimum Gasteiger partial charge on any atom is -0.373 e. The fourth-order valence-electron chi connectivity index (χ4n) is 3.09. The van der Waals surface area contributed by atoms with Crippen LogP contribution in [-0.2, 0) is 4.79 Å². The van der Waals surface area contributed by atoms with Gasteiger partial charge in [-0.3, -0.25) is 9.78 Å². The van der Waals surface area contributed by atoms with Gasteiger partial charge in [0, 0.05) is 36.1 Å². The van der Waals surface area contributed by atoms with E-state index in [0.717, 1.165) is 33.4 Å². The minimum absolute atomic E-state index is 0.241. The number of carbonyl (C=O) groups excluding carboxylic acids is 1. The second-order valence-electron chi connectivity index (χ2n) is 6.39. The molecule has 0 aliphatic heterocycles. The monoisotopic (exact) mass is 381 g/mol. The van der Waals surface area contributed by atoms with Gasteiger partial charge in [0.15, 0.2) is 5.82 Å². The van der Waals surface area contributed by atoms with Gasteiger partial charge in [0.1, 0.15) is 5.82 Å². The summed E-state index contributed by atoms with van der Waals surface area (Å²) in [7, 11) is 1.84. The molecule has 0 spiro atoms. The molecule has 1 amide bonds. The molecular formula is C23H19N5O. The lowest BCUT2D eigenvalue weighted by Crippen LogP contribution is -2.06. The summed E-state index contributed by atoms with van der Waals surface area (Å²) in [6.07, 6.45) is 4.72. The highest BCUT2D eigenvalue weighted by Gasteiger charge is 2.10. The first-order valence-electron chi connectivity index (χ1n) is 9.12. The lowest BCUT2D eigenvalue weighted by Gasteiger charge is -2.11. The fraction of sp³-hybridized carbons (Fsp3) is 0.0435. The first-order chi connectivity index (χ1) is 14.2. The maximum Gasteiger partial charge on any atom is 0.247 e. The zero-order valence-electron chi connectivity index (χ0n) is 15.9. The molecule has 6 nitrogen and oxygen atoms in total. The highest BCUT2D eigenvalue weighted by atomic mass is 16.1. The largest absolute Gasteiger partial charge is 0.373 e. The predicted octanol–water partition coefficient (Wildman–Crippen LogP) is 4.53. The van der Waals surface area contributed by atoms with E-state index in [-0.39, 0.29) is 5.91 Å². The Morgan fingerprint density at radius 3 is 2.59 bits per heavy atom. The van der Waals surface area contributed by atoms with Gasteiger partial charge in [-0.2, -0.15) is 0 Å². The average Bonchev–Trinajstić information content (AvgIpc) is 2.78. The third kappa shape index (κ3) is 3.82. The number of anilines is 2. The molecule has 0 fully saturated rings. The Morgan fingerprint density at radius 2 is 1.83 bits per heavy atom. The van der Waals surface area contributed by atoms with Crippen LogP contribution in [0.15, 0.2) is 79.6 Å². The number of nitrogens with one attached hydrogen (secondary N) is 2. The van der Waals surface area contributed by atoms with E-state index < -0.39 is 0 Å². The van der Waals surface area contributed by atoms with Crippen molar-refractivity contribution in [3.05, 3.63) is 79.6 Å². The van der Waals surface area contributed by atoms with E-state index in [1.807, 2.05) is 61.6 Å². The first-order valence-corrected chi connectivity index (χ1v) is 9.12. The predicted molar refractivity (Wildman–Crippen MR) is 117 cm³/mol. The van der Waals surface area contributed by atoms with Gasteiger partial charge in [0.25, 0.3) is 0 Å². The number of rotatable bonds is 5. The number of nitrogens with zero attached hydrogens (tertiary/aromatic N) is 3. The van der Waals surface area contributed by atoms with Crippen molar-refractivity contribution in [1.29, 1.82) is 0 Å². The van der Waals surface area contributed by atoms with E-state index >= 15 is 0 Å². The van der Waals surface area contributed by atoms with E-state index in [1.165, 1.54) is 6.08 Å². The number of carbonyl (C=O) groups is 1. The quantitative estimate of drug-likeness (QED) is 0.497. The van der Waals surface area contributed by atoms with Crippen LogP contribution in [0.1, 0.15) is 0 Å². The molecule has 0 unspecified atom stereocenters. The summed E-state index contributed by atoms with van der Waals surface area (Å²) < 4.78 is 0. The van der Waals surface area contributed by atoms with E-state index in [0.29, 0.717) is 11.5 Å². The van der Waals surface area contributed by atoms with E-state index in [9.17, 15) is 4.79 Å². The Labute approximate surface area is 168 Å². The van der Waals surface area contributed by atoms with Gasteiger partial charge in [-0.25, -0.2) is 9.97 Å². The standard InChI is InChI=1S/C23H19N5O/c1-3-21(29)26-18-8-4-6-15(12-18)16-9-10-20-19(13-16)23(24-2)28-22(27-20)17-7-5-11-25-14-17/h3-14H,1H2,2H3,(H,26,29)(H,24,27,28). The second kappa shape index (κ2) is 7.90. The smallest absolute Gasteiger partial charge is 0.247 e. The number of amides is 1. The van der Waals surface area contributed by atoms with Crippen molar-refractivity contribution in [1.82, 2.24) is 15.0 Å². The number of hydrogen-bond acceptors (Lipinski definition) is 5. The maximum atomic E-state index is 11.6. The van der Waals surface area contributed by atoms with Gasteiger partial charge >= 0.3 is 0 Å². The Bertz CT molecular complexity index is 1200. The molecule has 2 aromatic carbocycles. The van der Waals surface area contributed by atoms with Gasteiger partial charge < -0.3 is 10.6 Å². The molecule has 2 N–H and O–H groups in total. The van der Waals surface area contributed by atoms with Crippen LogP contribution in [0.25, 0.3) is 33.4 Å². The Kier molecular flexibility index (Phi) is 4.99. The summed E-state index contributed by atoms with van der Waals surface area (Å²) in [5.41, 5.74) is 4.39. The van der Waals surface area contributed by atoms with Crippen molar-refractivity contribution in [3.63, 3.8) is 0 Å². The molecule has 0 aliphatic rings. The summed E-state index contributed by atoms with van der Waals surface area (Å²) in [4.78, 5) is 25.1. The van der Waals surface area contributed by atoms with Crippen LogP contribution in [0.5, 0.6) is 0 Å². The number of hydrogen-bond donors (Lipinski definition) is 2. The molecule has 0 saturated heterocycles. The van der Waals surface area contributed by atoms with Crippen LogP contribution in [0.2, 0.25) is 0 Å². The molecule has 0 radical (unpaired) electrons. The third-order valence-corrected chi connectivity index (χ3v) is 4.50. The van der Waals surface area contributed by atoms with Crippen molar-refractivity contribution in [2.75, 3.05) is 17.7 Å². The van der Waals surface area contributed by atoms with Gasteiger partial charge in [-0.15, -0.1) is 0 Å². The molecule has 0 aliphatic carbocycles. The topological polar surface area (TPSA) is 79.8 Å². The van der Waals surface area contributed by atoms with Gasteiger partial charge in [-0.05, 0) is 53.6 Å². The van der Waals surface area contributed by atoms with E-state index in [1.54, 1.807) is 12.4 Å². The zero-order chi connectivity index (χ0) is 20.2. The average molecular weight is 381 g/mol. The van der Waals surface area contributed by atoms with Crippen molar-refractivity contribution in [3.8, 4) is 22.5 Å². The normalized spacial score (nSPS) is 10.5. The van der Waals surface area contributed by atoms with Crippen LogP contribution in [0, 0.1) is 0 Å². The van der Waals surface area contributed by atoms with Crippen molar-refractivity contribution >= 4 is 28.3 Å². The molecule has 29 heavy (non-hydrogen) atoms. The van der Waals surface area contributed by atoms with Crippen LogP contribution in [-0.4, -0.2) is 27.9 Å². The van der Waals surface area contributed by atoms with Crippen molar-refractivity contribution < 1.29 is 4.79 Å². The van der Waals surface area contributed by atoms with Gasteiger partial charge in [0.05, 0.1) is 5.52 Å². The molecule has 142 valence electrons. The van der Waals surface area contributed by atoms with E-state index in [2.05, 4.69) is 27.2 Å². The highest BCUT2D eigenvalue weighted by molar-refractivity contribution is 5.99.